The molecule has 1 N–H and O–H groups in total. The van der Waals surface area contributed by atoms with Crippen molar-refractivity contribution in [3.63, 3.8) is 0 Å². The molecule has 0 radical (unpaired) electrons. The number of rotatable bonds is 6. The number of amides is 1. The summed E-state index contributed by atoms with van der Waals surface area (Å²) in [6.45, 7) is 2.45. The van der Waals surface area contributed by atoms with Crippen molar-refractivity contribution in [3.05, 3.63) is 43.0 Å². The number of carbonyl (C=O) groups is 1. The van der Waals surface area contributed by atoms with Crippen LogP contribution in [0, 0.1) is 5.92 Å². The third-order valence-electron chi connectivity index (χ3n) is 3.95. The van der Waals surface area contributed by atoms with Crippen molar-refractivity contribution in [2.24, 2.45) is 5.92 Å². The molecule has 1 amide bonds. The molecule has 1 aliphatic rings. The summed E-state index contributed by atoms with van der Waals surface area (Å²) in [6.07, 6.45) is 8.93. The van der Waals surface area contributed by atoms with Crippen LogP contribution in [-0.4, -0.2) is 47.1 Å². The highest BCUT2D eigenvalue weighted by atomic mass is 16.5. The van der Waals surface area contributed by atoms with Gasteiger partial charge in [-0.25, -0.2) is 9.97 Å². The highest BCUT2D eigenvalue weighted by Crippen LogP contribution is 2.19. The van der Waals surface area contributed by atoms with Gasteiger partial charge in [-0.3, -0.25) is 9.78 Å². The summed E-state index contributed by atoms with van der Waals surface area (Å²) in [4.78, 5) is 26.6. The zero-order chi connectivity index (χ0) is 16.6. The summed E-state index contributed by atoms with van der Waals surface area (Å²) in [6, 6.07) is 5.36. The van der Waals surface area contributed by atoms with E-state index in [2.05, 4.69) is 25.2 Å². The van der Waals surface area contributed by atoms with Crippen molar-refractivity contribution in [2.75, 3.05) is 31.1 Å². The zero-order valence-corrected chi connectivity index (χ0v) is 13.5. The molecule has 7 nitrogen and oxygen atoms in total. The Balaban J connectivity index is 1.42. The summed E-state index contributed by atoms with van der Waals surface area (Å²) in [5, 5.41) is 2.94. The van der Waals surface area contributed by atoms with Crippen LogP contribution in [0.5, 0.6) is 5.75 Å². The molecule has 2 aromatic rings. The maximum Gasteiger partial charge on any atom is 0.257 e. The number of hydrogen-bond acceptors (Lipinski definition) is 6. The predicted octanol–water partition coefficient (Wildman–Crippen LogP) is 1.28. The van der Waals surface area contributed by atoms with Crippen molar-refractivity contribution in [2.45, 2.75) is 12.8 Å². The summed E-state index contributed by atoms with van der Waals surface area (Å²) >= 11 is 0. The first-order valence-corrected chi connectivity index (χ1v) is 8.13. The first-order chi connectivity index (χ1) is 11.8. The molecular formula is C17H21N5O2. The summed E-state index contributed by atoms with van der Waals surface area (Å²) in [5.41, 5.74) is 0. The van der Waals surface area contributed by atoms with Crippen LogP contribution in [0.25, 0.3) is 0 Å². The van der Waals surface area contributed by atoms with E-state index in [0.717, 1.165) is 31.9 Å². The Morgan fingerprint density at radius 2 is 2.17 bits per heavy atom. The van der Waals surface area contributed by atoms with E-state index in [1.165, 1.54) is 0 Å². The Labute approximate surface area is 141 Å². The molecular weight excluding hydrogens is 306 g/mol. The maximum atomic E-state index is 11.9. The van der Waals surface area contributed by atoms with Gasteiger partial charge in [0.2, 0.25) is 5.95 Å². The number of pyridine rings is 1. The van der Waals surface area contributed by atoms with Crippen LogP contribution in [0.4, 0.5) is 5.95 Å². The van der Waals surface area contributed by atoms with Crippen LogP contribution in [0.1, 0.15) is 12.8 Å². The number of anilines is 1. The number of ether oxygens (including phenoxy) is 1. The van der Waals surface area contributed by atoms with Crippen LogP contribution in [0.15, 0.2) is 43.0 Å². The van der Waals surface area contributed by atoms with Gasteiger partial charge in [-0.1, -0.05) is 0 Å². The fraction of sp³-hybridized carbons (Fsp3) is 0.412. The van der Waals surface area contributed by atoms with E-state index in [-0.39, 0.29) is 12.5 Å². The number of carbonyl (C=O) groups excluding carboxylic acids is 1. The zero-order valence-electron chi connectivity index (χ0n) is 13.5. The average molecular weight is 327 g/mol. The van der Waals surface area contributed by atoms with Crippen molar-refractivity contribution < 1.29 is 9.53 Å². The van der Waals surface area contributed by atoms with E-state index in [4.69, 9.17) is 4.74 Å². The minimum Gasteiger partial charge on any atom is -0.482 e. The lowest BCUT2D eigenvalue weighted by Gasteiger charge is -2.32. The quantitative estimate of drug-likeness (QED) is 0.861. The van der Waals surface area contributed by atoms with E-state index in [1.54, 1.807) is 36.9 Å². The normalized spacial score (nSPS) is 17.3. The largest absolute Gasteiger partial charge is 0.482 e. The Morgan fingerprint density at radius 1 is 1.29 bits per heavy atom. The third kappa shape index (κ3) is 4.65. The standard InChI is InChI=1S/C17H21N5O2/c23-16(13-24-15-5-1-6-18-11-15)21-10-14-4-2-9-22(12-14)17-19-7-3-8-20-17/h1,3,5-8,11,14H,2,4,9-10,12-13H2,(H,21,23)/t14-/m0/s1. The van der Waals surface area contributed by atoms with Crippen molar-refractivity contribution in [1.29, 1.82) is 0 Å². The Kier molecular flexibility index (Phi) is 5.55. The number of aromatic nitrogens is 3. The molecule has 126 valence electrons. The van der Waals surface area contributed by atoms with Gasteiger partial charge < -0.3 is 15.0 Å². The van der Waals surface area contributed by atoms with Crippen LogP contribution < -0.4 is 15.0 Å². The monoisotopic (exact) mass is 327 g/mol. The van der Waals surface area contributed by atoms with Gasteiger partial charge in [0.05, 0.1) is 6.20 Å². The lowest BCUT2D eigenvalue weighted by molar-refractivity contribution is -0.123. The second kappa shape index (κ2) is 8.24. The molecule has 0 spiro atoms. The highest BCUT2D eigenvalue weighted by molar-refractivity contribution is 5.77. The van der Waals surface area contributed by atoms with Crippen molar-refractivity contribution >= 4 is 11.9 Å². The van der Waals surface area contributed by atoms with Gasteiger partial charge in [-0.05, 0) is 37.0 Å². The molecule has 0 bridgehead atoms. The smallest absolute Gasteiger partial charge is 0.257 e. The van der Waals surface area contributed by atoms with E-state index in [9.17, 15) is 4.79 Å². The Bertz CT molecular complexity index is 638. The van der Waals surface area contributed by atoms with Gasteiger partial charge in [0.15, 0.2) is 6.61 Å². The summed E-state index contributed by atoms with van der Waals surface area (Å²) in [7, 11) is 0. The first-order valence-electron chi connectivity index (χ1n) is 8.13. The highest BCUT2D eigenvalue weighted by Gasteiger charge is 2.22. The lowest BCUT2D eigenvalue weighted by Crippen LogP contribution is -2.42. The molecule has 0 unspecified atom stereocenters. The molecule has 0 aromatic carbocycles. The van der Waals surface area contributed by atoms with Crippen molar-refractivity contribution in [3.8, 4) is 5.75 Å². The van der Waals surface area contributed by atoms with E-state index < -0.39 is 0 Å². The molecule has 7 heteroatoms. The molecule has 1 atom stereocenters. The Hall–Kier alpha value is -2.70. The molecule has 2 aromatic heterocycles. The minimum absolute atomic E-state index is 0.00389. The van der Waals surface area contributed by atoms with Crippen LogP contribution in [-0.2, 0) is 4.79 Å². The predicted molar refractivity (Wildman–Crippen MR) is 89.7 cm³/mol. The van der Waals surface area contributed by atoms with E-state index in [0.29, 0.717) is 18.2 Å². The van der Waals surface area contributed by atoms with Gasteiger partial charge in [-0.15, -0.1) is 0 Å². The molecule has 24 heavy (non-hydrogen) atoms. The van der Waals surface area contributed by atoms with Crippen molar-refractivity contribution in [1.82, 2.24) is 20.3 Å². The summed E-state index contributed by atoms with van der Waals surface area (Å²) in [5.74, 6) is 1.63. The molecule has 0 aliphatic carbocycles. The second-order valence-electron chi connectivity index (χ2n) is 5.78. The number of hydrogen-bond donors (Lipinski definition) is 1. The third-order valence-corrected chi connectivity index (χ3v) is 3.95. The van der Waals surface area contributed by atoms with E-state index in [1.807, 2.05) is 6.07 Å². The molecule has 1 fully saturated rings. The molecule has 1 saturated heterocycles. The molecule has 0 saturated carbocycles. The van der Waals surface area contributed by atoms with E-state index >= 15 is 0 Å². The number of nitrogens with one attached hydrogen (secondary N) is 1. The lowest BCUT2D eigenvalue weighted by atomic mass is 9.98. The second-order valence-corrected chi connectivity index (χ2v) is 5.78. The number of piperidine rings is 1. The van der Waals surface area contributed by atoms with Gasteiger partial charge in [0.1, 0.15) is 5.75 Å². The SMILES string of the molecule is O=C(COc1cccnc1)NC[C@@H]1CCCN(c2ncccn2)C1. The van der Waals surface area contributed by atoms with Gasteiger partial charge in [0, 0.05) is 38.2 Å². The Morgan fingerprint density at radius 3 is 2.96 bits per heavy atom. The topological polar surface area (TPSA) is 80.2 Å². The van der Waals surface area contributed by atoms with Gasteiger partial charge in [0.25, 0.3) is 5.91 Å². The van der Waals surface area contributed by atoms with Crippen LogP contribution >= 0.6 is 0 Å². The minimum atomic E-state index is -0.119. The van der Waals surface area contributed by atoms with Gasteiger partial charge in [-0.2, -0.15) is 0 Å². The fourth-order valence-electron chi connectivity index (χ4n) is 2.76. The summed E-state index contributed by atoms with van der Waals surface area (Å²) < 4.78 is 5.39. The molecule has 3 heterocycles. The number of nitrogens with zero attached hydrogens (tertiary/aromatic N) is 4. The maximum absolute atomic E-state index is 11.9. The van der Waals surface area contributed by atoms with Crippen LogP contribution in [0.2, 0.25) is 0 Å². The van der Waals surface area contributed by atoms with Crippen LogP contribution in [0.3, 0.4) is 0 Å². The fourth-order valence-corrected chi connectivity index (χ4v) is 2.76. The first kappa shape index (κ1) is 16.2. The average Bonchev–Trinajstić information content (AvgIpc) is 2.66. The molecule has 3 rings (SSSR count). The molecule has 1 aliphatic heterocycles. The van der Waals surface area contributed by atoms with Gasteiger partial charge >= 0.3 is 0 Å².